The van der Waals surface area contributed by atoms with E-state index in [-0.39, 0.29) is 40.0 Å². The van der Waals surface area contributed by atoms with Crippen LogP contribution in [0.25, 0.3) is 0 Å². The number of piperidine rings is 1. The van der Waals surface area contributed by atoms with Crippen LogP contribution in [0.15, 0.2) is 32.5 Å². The van der Waals surface area contributed by atoms with E-state index in [4.69, 9.17) is 4.52 Å². The number of anilines is 1. The molecule has 0 radical (unpaired) electrons. The van der Waals surface area contributed by atoms with Gasteiger partial charge in [-0.3, -0.25) is 4.79 Å². The molecular weight excluding hydrogens is 437 g/mol. The van der Waals surface area contributed by atoms with Crippen LogP contribution in [0.1, 0.15) is 24.3 Å². The number of sulfonamides is 1. The molecule has 9 nitrogen and oxygen atoms in total. The van der Waals surface area contributed by atoms with Crippen LogP contribution < -0.4 is 5.32 Å². The molecule has 0 aliphatic carbocycles. The van der Waals surface area contributed by atoms with Gasteiger partial charge in [-0.05, 0) is 44.9 Å². The highest BCUT2D eigenvalue weighted by molar-refractivity contribution is 7.90. The van der Waals surface area contributed by atoms with Crippen molar-refractivity contribution < 1.29 is 30.5 Å². The Morgan fingerprint density at radius 3 is 2.57 bits per heavy atom. The summed E-state index contributed by atoms with van der Waals surface area (Å²) in [5.74, 6) is -1.93. The molecule has 1 saturated heterocycles. The topological polar surface area (TPSA) is 127 Å². The van der Waals surface area contributed by atoms with Gasteiger partial charge in [-0.2, -0.15) is 4.31 Å². The first-order chi connectivity index (χ1) is 13.9. The number of rotatable bonds is 5. The van der Waals surface area contributed by atoms with Crippen molar-refractivity contribution in [1.82, 2.24) is 9.46 Å². The van der Waals surface area contributed by atoms with Crippen LogP contribution in [0.2, 0.25) is 0 Å². The van der Waals surface area contributed by atoms with Crippen molar-refractivity contribution >= 4 is 31.5 Å². The molecule has 1 unspecified atom stereocenters. The van der Waals surface area contributed by atoms with Crippen LogP contribution in [0.5, 0.6) is 0 Å². The molecule has 3 rings (SSSR count). The lowest BCUT2D eigenvalue weighted by molar-refractivity contribution is -0.120. The van der Waals surface area contributed by atoms with E-state index >= 15 is 0 Å². The summed E-state index contributed by atoms with van der Waals surface area (Å²) < 4.78 is 69.6. The maximum Gasteiger partial charge on any atom is 0.248 e. The standard InChI is InChI=1S/C18H22FN3O6S2/c1-11-17(12(2)28-21-11)30(26,27)22-8-4-5-13(10-22)18(23)20-16-9-14(29(3,24)25)6-7-15(16)19/h6-7,9,13H,4-5,8,10H2,1-3H3,(H,20,23). The van der Waals surface area contributed by atoms with Gasteiger partial charge in [-0.1, -0.05) is 5.16 Å². The first-order valence-corrected chi connectivity index (χ1v) is 12.5. The zero-order valence-electron chi connectivity index (χ0n) is 16.7. The largest absolute Gasteiger partial charge is 0.360 e. The van der Waals surface area contributed by atoms with Crippen LogP contribution in [0.4, 0.5) is 10.1 Å². The molecule has 2 heterocycles. The number of amides is 1. The number of hydrogen-bond donors (Lipinski definition) is 1. The van der Waals surface area contributed by atoms with Crippen LogP contribution in [-0.4, -0.2) is 51.5 Å². The third-order valence-corrected chi connectivity index (χ3v) is 8.16. The summed E-state index contributed by atoms with van der Waals surface area (Å²) in [5.41, 5.74) is -0.0348. The highest BCUT2D eigenvalue weighted by Crippen LogP contribution is 2.29. The van der Waals surface area contributed by atoms with Crippen molar-refractivity contribution in [3.8, 4) is 0 Å². The van der Waals surface area contributed by atoms with Gasteiger partial charge in [0, 0.05) is 19.3 Å². The monoisotopic (exact) mass is 459 g/mol. The van der Waals surface area contributed by atoms with Gasteiger partial charge in [-0.15, -0.1) is 0 Å². The van der Waals surface area contributed by atoms with E-state index in [1.807, 2.05) is 0 Å². The summed E-state index contributed by atoms with van der Waals surface area (Å²) in [6.45, 7) is 3.16. The molecule has 1 aliphatic rings. The van der Waals surface area contributed by atoms with Crippen LogP contribution in [0, 0.1) is 25.6 Å². The molecule has 1 amide bonds. The number of nitrogens with one attached hydrogen (secondary N) is 1. The Kier molecular flexibility index (Phi) is 6.03. The number of carbonyl (C=O) groups is 1. The average Bonchev–Trinajstić information content (AvgIpc) is 3.01. The van der Waals surface area contributed by atoms with E-state index in [1.165, 1.54) is 18.2 Å². The fourth-order valence-corrected chi connectivity index (χ4v) is 5.87. The Morgan fingerprint density at radius 1 is 1.27 bits per heavy atom. The number of benzene rings is 1. The molecule has 1 aromatic carbocycles. The second-order valence-electron chi connectivity index (χ2n) is 7.26. The molecule has 1 N–H and O–H groups in total. The Hall–Kier alpha value is -2.31. The molecule has 1 aromatic heterocycles. The van der Waals surface area contributed by atoms with E-state index in [0.717, 1.165) is 24.5 Å². The third-order valence-electron chi connectivity index (χ3n) is 4.94. The lowest BCUT2D eigenvalue weighted by Crippen LogP contribution is -2.44. The molecular formula is C18H22FN3O6S2. The van der Waals surface area contributed by atoms with Crippen molar-refractivity contribution in [2.45, 2.75) is 36.5 Å². The van der Waals surface area contributed by atoms with Crippen molar-refractivity contribution in [3.63, 3.8) is 0 Å². The Bertz CT molecular complexity index is 1170. The molecule has 2 aromatic rings. The lowest BCUT2D eigenvalue weighted by atomic mass is 9.98. The summed E-state index contributed by atoms with van der Waals surface area (Å²) in [6, 6.07) is 3.11. The average molecular weight is 460 g/mol. The van der Waals surface area contributed by atoms with Gasteiger partial charge in [0.05, 0.1) is 16.5 Å². The van der Waals surface area contributed by atoms with E-state index in [1.54, 1.807) is 0 Å². The first kappa shape index (κ1) is 22.4. The fourth-order valence-electron chi connectivity index (χ4n) is 3.41. The summed E-state index contributed by atoms with van der Waals surface area (Å²) in [5, 5.41) is 6.07. The summed E-state index contributed by atoms with van der Waals surface area (Å²) in [6.07, 6.45) is 1.82. The van der Waals surface area contributed by atoms with Crippen molar-refractivity contribution in [1.29, 1.82) is 0 Å². The van der Waals surface area contributed by atoms with Crippen LogP contribution in [0.3, 0.4) is 0 Å². The highest BCUT2D eigenvalue weighted by Gasteiger charge is 2.36. The molecule has 1 aliphatic heterocycles. The Morgan fingerprint density at radius 2 is 1.97 bits per heavy atom. The van der Waals surface area contributed by atoms with E-state index in [2.05, 4.69) is 10.5 Å². The summed E-state index contributed by atoms with van der Waals surface area (Å²) in [4.78, 5) is 12.5. The molecule has 0 bridgehead atoms. The minimum atomic E-state index is -3.91. The maximum atomic E-state index is 14.1. The number of sulfone groups is 1. The van der Waals surface area contributed by atoms with Crippen molar-refractivity contribution in [2.24, 2.45) is 5.92 Å². The predicted octanol–water partition coefficient (Wildman–Crippen LogP) is 1.87. The molecule has 0 spiro atoms. The zero-order chi connectivity index (χ0) is 22.3. The highest BCUT2D eigenvalue weighted by atomic mass is 32.2. The van der Waals surface area contributed by atoms with E-state index in [0.29, 0.717) is 12.8 Å². The van der Waals surface area contributed by atoms with Gasteiger partial charge < -0.3 is 9.84 Å². The maximum absolute atomic E-state index is 14.1. The zero-order valence-corrected chi connectivity index (χ0v) is 18.3. The SMILES string of the molecule is Cc1noc(C)c1S(=O)(=O)N1CCCC(C(=O)Nc2cc(S(C)(=O)=O)ccc2F)C1. The molecule has 1 atom stereocenters. The van der Waals surface area contributed by atoms with E-state index in [9.17, 15) is 26.0 Å². The molecule has 12 heteroatoms. The number of halogens is 1. The number of carbonyl (C=O) groups excluding carboxylic acids is 1. The van der Waals surface area contributed by atoms with Crippen molar-refractivity contribution in [3.05, 3.63) is 35.5 Å². The quantitative estimate of drug-likeness (QED) is 0.676. The molecule has 164 valence electrons. The smallest absolute Gasteiger partial charge is 0.248 e. The lowest BCUT2D eigenvalue weighted by Gasteiger charge is -2.31. The minimum Gasteiger partial charge on any atom is -0.360 e. The molecule has 1 fully saturated rings. The van der Waals surface area contributed by atoms with Gasteiger partial charge >= 0.3 is 0 Å². The second kappa shape index (κ2) is 8.08. The number of hydrogen-bond acceptors (Lipinski definition) is 7. The number of aromatic nitrogens is 1. The summed E-state index contributed by atoms with van der Waals surface area (Å²) >= 11 is 0. The van der Waals surface area contributed by atoms with Gasteiger partial charge in [0.1, 0.15) is 16.4 Å². The fraction of sp³-hybridized carbons (Fsp3) is 0.444. The Labute approximate surface area is 174 Å². The summed E-state index contributed by atoms with van der Waals surface area (Å²) in [7, 11) is -7.49. The van der Waals surface area contributed by atoms with Gasteiger partial charge in [-0.25, -0.2) is 21.2 Å². The van der Waals surface area contributed by atoms with Crippen molar-refractivity contribution in [2.75, 3.05) is 24.7 Å². The third kappa shape index (κ3) is 4.40. The molecule has 30 heavy (non-hydrogen) atoms. The normalized spacial score (nSPS) is 18.3. The van der Waals surface area contributed by atoms with Gasteiger partial charge in [0.2, 0.25) is 15.9 Å². The number of nitrogens with zero attached hydrogens (tertiary/aromatic N) is 2. The minimum absolute atomic E-state index is 0.0181. The van der Waals surface area contributed by atoms with E-state index < -0.39 is 37.5 Å². The van der Waals surface area contributed by atoms with Gasteiger partial charge in [0.15, 0.2) is 15.6 Å². The Balaban J connectivity index is 1.80. The first-order valence-electron chi connectivity index (χ1n) is 9.14. The second-order valence-corrected chi connectivity index (χ2v) is 11.1. The number of aryl methyl sites for hydroxylation is 2. The van der Waals surface area contributed by atoms with Gasteiger partial charge in [0.25, 0.3) is 0 Å². The molecule has 0 saturated carbocycles. The van der Waals surface area contributed by atoms with Crippen LogP contribution in [-0.2, 0) is 24.7 Å². The van der Waals surface area contributed by atoms with Crippen LogP contribution >= 0.6 is 0 Å². The predicted molar refractivity (Wildman–Crippen MR) is 106 cm³/mol.